The zero-order chi connectivity index (χ0) is 19.1. The highest BCUT2D eigenvalue weighted by molar-refractivity contribution is 7.99. The first-order chi connectivity index (χ1) is 12.4. The number of carbonyl (C=O) groups excluding carboxylic acids is 2. The second kappa shape index (κ2) is 8.99. The molecule has 0 atom stereocenters. The first-order valence-corrected chi connectivity index (χ1v) is 8.65. The number of aryl methyl sites for hydroxylation is 1. The van der Waals surface area contributed by atoms with Crippen molar-refractivity contribution in [3.8, 4) is 0 Å². The van der Waals surface area contributed by atoms with Gasteiger partial charge in [0.05, 0.1) is 11.5 Å². The smallest absolute Gasteiger partial charge is 0.374 e. The molecule has 0 unspecified atom stereocenters. The summed E-state index contributed by atoms with van der Waals surface area (Å²) in [5.74, 6) is -0.747. The van der Waals surface area contributed by atoms with Gasteiger partial charge in [-0.2, -0.15) is 0 Å². The van der Waals surface area contributed by atoms with Crippen molar-refractivity contribution >= 4 is 29.4 Å². The predicted octanol–water partition coefficient (Wildman–Crippen LogP) is 2.45. The summed E-state index contributed by atoms with van der Waals surface area (Å²) < 4.78 is 11.4. The normalized spacial score (nSPS) is 10.4. The summed E-state index contributed by atoms with van der Waals surface area (Å²) in [4.78, 5) is 38.6. The highest BCUT2D eigenvalue weighted by atomic mass is 32.2. The second-order valence-corrected chi connectivity index (χ2v) is 6.18. The number of hydrogen-bond donors (Lipinski definition) is 0. The number of rotatable bonds is 8. The lowest BCUT2D eigenvalue weighted by Gasteiger charge is -2.03. The third-order valence-corrected chi connectivity index (χ3v) is 4.15. The van der Waals surface area contributed by atoms with Gasteiger partial charge < -0.3 is 14.0 Å². The lowest BCUT2D eigenvalue weighted by Crippen LogP contribution is -2.11. The minimum Gasteiger partial charge on any atom is -0.460 e. The van der Waals surface area contributed by atoms with E-state index >= 15 is 0 Å². The Bertz CT molecular complexity index is 803. The average Bonchev–Trinajstić information content (AvgIpc) is 3.01. The van der Waals surface area contributed by atoms with Crippen LogP contribution in [-0.4, -0.2) is 45.4 Å². The van der Waals surface area contributed by atoms with Gasteiger partial charge in [0, 0.05) is 36.0 Å². The van der Waals surface area contributed by atoms with E-state index in [4.69, 9.17) is 9.47 Å². The van der Waals surface area contributed by atoms with Crippen LogP contribution >= 0.6 is 11.8 Å². The molecule has 2 aromatic rings. The summed E-state index contributed by atoms with van der Waals surface area (Å²) in [5, 5.41) is 10.6. The second-order valence-electron chi connectivity index (χ2n) is 5.02. The maximum Gasteiger partial charge on any atom is 0.374 e. The Labute approximate surface area is 153 Å². The molecule has 0 saturated carbocycles. The van der Waals surface area contributed by atoms with Gasteiger partial charge in [-0.1, -0.05) is 0 Å². The van der Waals surface area contributed by atoms with Gasteiger partial charge in [0.2, 0.25) is 5.82 Å². The molecule has 0 amide bonds. The minimum atomic E-state index is -0.638. The molecular weight excluding hydrogens is 362 g/mol. The molecule has 0 N–H and O–H groups in total. The number of imidazole rings is 1. The number of hydrogen-bond acceptors (Lipinski definition) is 8. The molecule has 0 spiro atoms. The van der Waals surface area contributed by atoms with Crippen LogP contribution in [0, 0.1) is 10.1 Å². The molecule has 0 bridgehead atoms. The molecule has 10 heteroatoms. The van der Waals surface area contributed by atoms with Crippen molar-refractivity contribution in [1.29, 1.82) is 0 Å². The summed E-state index contributed by atoms with van der Waals surface area (Å²) in [6, 6.07) is 6.10. The maximum atomic E-state index is 12.0. The van der Waals surface area contributed by atoms with Crippen LogP contribution in [0.2, 0.25) is 0 Å². The lowest BCUT2D eigenvalue weighted by molar-refractivity contribution is -0.384. The van der Waals surface area contributed by atoms with Crippen molar-refractivity contribution in [3.63, 3.8) is 0 Å². The minimum absolute atomic E-state index is 0.0216. The van der Waals surface area contributed by atoms with Crippen LogP contribution in [0.5, 0.6) is 0 Å². The summed E-state index contributed by atoms with van der Waals surface area (Å²) >= 11 is 1.40. The van der Waals surface area contributed by atoms with Crippen molar-refractivity contribution < 1.29 is 24.0 Å². The number of non-ortho nitro benzene ring substituents is 1. The predicted molar refractivity (Wildman–Crippen MR) is 93.3 cm³/mol. The van der Waals surface area contributed by atoms with Crippen LogP contribution in [0.25, 0.3) is 0 Å². The molecule has 9 nitrogen and oxygen atoms in total. The van der Waals surface area contributed by atoms with Crippen molar-refractivity contribution in [2.24, 2.45) is 7.05 Å². The van der Waals surface area contributed by atoms with Gasteiger partial charge in [-0.3, -0.25) is 10.1 Å². The van der Waals surface area contributed by atoms with E-state index in [1.807, 2.05) is 0 Å². The summed E-state index contributed by atoms with van der Waals surface area (Å²) in [6.07, 6.45) is 1.40. The first-order valence-electron chi connectivity index (χ1n) is 7.67. The number of benzene rings is 1. The highest BCUT2D eigenvalue weighted by Gasteiger charge is 2.19. The van der Waals surface area contributed by atoms with E-state index in [0.717, 1.165) is 4.90 Å². The Morgan fingerprint density at radius 2 is 1.92 bits per heavy atom. The molecule has 0 radical (unpaired) electrons. The number of carbonyl (C=O) groups is 2. The Hall–Kier alpha value is -2.88. The molecule has 0 fully saturated rings. The number of aromatic nitrogens is 2. The molecule has 138 valence electrons. The summed E-state index contributed by atoms with van der Waals surface area (Å²) in [5.41, 5.74) is 0.0456. The molecule has 2 rings (SSSR count). The van der Waals surface area contributed by atoms with E-state index in [0.29, 0.717) is 5.75 Å². The van der Waals surface area contributed by atoms with E-state index in [1.54, 1.807) is 26.1 Å². The van der Waals surface area contributed by atoms with E-state index in [9.17, 15) is 19.7 Å². The fourth-order valence-electron chi connectivity index (χ4n) is 1.98. The third kappa shape index (κ3) is 5.06. The maximum absolute atomic E-state index is 12.0. The molecule has 1 aromatic carbocycles. The van der Waals surface area contributed by atoms with E-state index in [1.165, 1.54) is 34.7 Å². The number of nitro groups is 1. The zero-order valence-electron chi connectivity index (χ0n) is 14.2. The van der Waals surface area contributed by atoms with Crippen LogP contribution in [-0.2, 0) is 16.5 Å². The fraction of sp³-hybridized carbons (Fsp3) is 0.312. The SMILES string of the molecule is CCOC(=O)c1nc(C(=O)OCCSc2ccc([N+](=O)[O-])cc2)cn1C. The van der Waals surface area contributed by atoms with Gasteiger partial charge in [-0.25, -0.2) is 14.6 Å². The van der Waals surface area contributed by atoms with Crippen LogP contribution < -0.4 is 0 Å². The Morgan fingerprint density at radius 3 is 2.54 bits per heavy atom. The number of ether oxygens (including phenoxy) is 2. The van der Waals surface area contributed by atoms with Crippen molar-refractivity contribution in [2.75, 3.05) is 19.0 Å². The van der Waals surface area contributed by atoms with Gasteiger partial charge in [0.1, 0.15) is 6.61 Å². The Morgan fingerprint density at radius 1 is 1.23 bits per heavy atom. The van der Waals surface area contributed by atoms with Crippen LogP contribution in [0.4, 0.5) is 5.69 Å². The number of thioether (sulfide) groups is 1. The van der Waals surface area contributed by atoms with Crippen LogP contribution in [0.15, 0.2) is 35.4 Å². The number of esters is 2. The lowest BCUT2D eigenvalue weighted by atomic mass is 10.3. The summed E-state index contributed by atoms with van der Waals surface area (Å²) in [7, 11) is 1.58. The molecule has 1 aromatic heterocycles. The van der Waals surface area contributed by atoms with E-state index < -0.39 is 16.9 Å². The molecule has 0 saturated heterocycles. The Balaban J connectivity index is 1.82. The quantitative estimate of drug-likeness (QED) is 0.226. The summed E-state index contributed by atoms with van der Waals surface area (Å²) in [6.45, 7) is 2.02. The van der Waals surface area contributed by atoms with Crippen LogP contribution in [0.1, 0.15) is 28.0 Å². The van der Waals surface area contributed by atoms with Gasteiger partial charge in [-0.05, 0) is 19.1 Å². The molecule has 0 aliphatic carbocycles. The largest absolute Gasteiger partial charge is 0.460 e. The highest BCUT2D eigenvalue weighted by Crippen LogP contribution is 2.21. The molecule has 0 aliphatic heterocycles. The molecule has 26 heavy (non-hydrogen) atoms. The topological polar surface area (TPSA) is 114 Å². The zero-order valence-corrected chi connectivity index (χ0v) is 15.0. The number of nitro benzene ring substituents is 1. The van der Waals surface area contributed by atoms with Crippen molar-refractivity contribution in [3.05, 3.63) is 52.1 Å². The standard InChI is InChI=1S/C16H17N3O6S/c1-3-24-16(21)14-17-13(10-18(14)2)15(20)25-8-9-26-12-6-4-11(5-7-12)19(22)23/h4-7,10H,3,8-9H2,1-2H3. The van der Waals surface area contributed by atoms with E-state index in [2.05, 4.69) is 4.98 Å². The molecule has 1 heterocycles. The Kier molecular flexibility index (Phi) is 6.73. The first kappa shape index (κ1) is 19.4. The average molecular weight is 379 g/mol. The van der Waals surface area contributed by atoms with Crippen LogP contribution in [0.3, 0.4) is 0 Å². The van der Waals surface area contributed by atoms with Gasteiger partial charge >= 0.3 is 11.9 Å². The van der Waals surface area contributed by atoms with E-state index in [-0.39, 0.29) is 30.4 Å². The van der Waals surface area contributed by atoms with Crippen molar-refractivity contribution in [1.82, 2.24) is 9.55 Å². The third-order valence-electron chi connectivity index (χ3n) is 3.18. The number of nitrogens with zero attached hydrogens (tertiary/aromatic N) is 3. The van der Waals surface area contributed by atoms with Gasteiger partial charge in [0.25, 0.3) is 5.69 Å². The van der Waals surface area contributed by atoms with Gasteiger partial charge in [-0.15, -0.1) is 11.8 Å². The monoisotopic (exact) mass is 379 g/mol. The fourth-order valence-corrected chi connectivity index (χ4v) is 2.71. The molecule has 0 aliphatic rings. The molecular formula is C16H17N3O6S. The van der Waals surface area contributed by atoms with Crippen molar-refractivity contribution in [2.45, 2.75) is 11.8 Å². The van der Waals surface area contributed by atoms with Gasteiger partial charge in [0.15, 0.2) is 5.69 Å².